The highest BCUT2D eigenvalue weighted by Gasteiger charge is 2.15. The van der Waals surface area contributed by atoms with Crippen LogP contribution in [0.3, 0.4) is 0 Å². The Hall–Kier alpha value is -2.16. The smallest absolute Gasteiger partial charge is 0.194 e. The first kappa shape index (κ1) is 23.1. The van der Waals surface area contributed by atoms with Crippen molar-refractivity contribution in [3.8, 4) is 0 Å². The van der Waals surface area contributed by atoms with E-state index < -0.39 is 0 Å². The minimum absolute atomic E-state index is 0. The lowest BCUT2D eigenvalue weighted by molar-refractivity contribution is 0.473. The number of halogens is 1. The Morgan fingerprint density at radius 3 is 2.72 bits per heavy atom. The van der Waals surface area contributed by atoms with E-state index in [-0.39, 0.29) is 24.0 Å². The summed E-state index contributed by atoms with van der Waals surface area (Å²) in [6, 6.07) is 10.3. The maximum Gasteiger partial charge on any atom is 0.194 e. The van der Waals surface area contributed by atoms with Crippen molar-refractivity contribution in [3.63, 3.8) is 0 Å². The van der Waals surface area contributed by atoms with Gasteiger partial charge in [0.1, 0.15) is 0 Å². The molecule has 0 atom stereocenters. The number of aromatic nitrogens is 3. The zero-order chi connectivity index (χ0) is 20.1. The molecule has 0 saturated heterocycles. The van der Waals surface area contributed by atoms with Gasteiger partial charge < -0.3 is 10.2 Å². The molecule has 2 heterocycles. The molecule has 29 heavy (non-hydrogen) atoms. The van der Waals surface area contributed by atoms with Gasteiger partial charge in [-0.25, -0.2) is 4.99 Å². The van der Waals surface area contributed by atoms with Gasteiger partial charge in [-0.1, -0.05) is 38.1 Å². The molecule has 0 aliphatic heterocycles. The third-order valence-electron chi connectivity index (χ3n) is 4.72. The van der Waals surface area contributed by atoms with Crippen LogP contribution in [0.15, 0.2) is 47.7 Å². The number of guanidine groups is 1. The average molecular weight is 506 g/mol. The topological polar surface area (TPSA) is 58.3 Å². The molecule has 156 valence electrons. The first-order valence-electron chi connectivity index (χ1n) is 9.84. The van der Waals surface area contributed by atoms with Crippen LogP contribution in [0.4, 0.5) is 0 Å². The van der Waals surface area contributed by atoms with Crippen LogP contribution < -0.4 is 5.32 Å². The summed E-state index contributed by atoms with van der Waals surface area (Å²) in [7, 11) is 4.04. The van der Waals surface area contributed by atoms with Crippen LogP contribution in [0.2, 0.25) is 0 Å². The van der Waals surface area contributed by atoms with Crippen LogP contribution in [0.1, 0.15) is 43.6 Å². The molecule has 0 fully saturated rings. The number of hydrogen-bond donors (Lipinski definition) is 1. The molecular formula is C22H31IN6. The number of aryl methyl sites for hydroxylation is 1. The van der Waals surface area contributed by atoms with Crippen molar-refractivity contribution in [2.45, 2.75) is 39.8 Å². The zero-order valence-electron chi connectivity index (χ0n) is 17.9. The minimum atomic E-state index is 0. The number of rotatable bonds is 6. The van der Waals surface area contributed by atoms with Gasteiger partial charge in [-0.3, -0.25) is 9.67 Å². The van der Waals surface area contributed by atoms with Crippen molar-refractivity contribution < 1.29 is 0 Å². The fourth-order valence-electron chi connectivity index (χ4n) is 3.42. The van der Waals surface area contributed by atoms with Crippen molar-refractivity contribution >= 4 is 40.7 Å². The van der Waals surface area contributed by atoms with Crippen molar-refractivity contribution in [2.24, 2.45) is 12.0 Å². The fraction of sp³-hybridized carbons (Fsp3) is 0.409. The maximum absolute atomic E-state index is 4.85. The van der Waals surface area contributed by atoms with E-state index in [1.54, 1.807) is 0 Å². The van der Waals surface area contributed by atoms with E-state index >= 15 is 0 Å². The Kier molecular flexibility index (Phi) is 8.43. The van der Waals surface area contributed by atoms with E-state index in [1.807, 2.05) is 36.1 Å². The molecule has 0 saturated carbocycles. The second-order valence-electron chi connectivity index (χ2n) is 7.37. The second-order valence-corrected chi connectivity index (χ2v) is 7.37. The molecule has 0 aliphatic rings. The van der Waals surface area contributed by atoms with E-state index in [0.717, 1.165) is 35.8 Å². The summed E-state index contributed by atoms with van der Waals surface area (Å²) >= 11 is 0. The number of nitrogens with zero attached hydrogens (tertiary/aromatic N) is 5. The van der Waals surface area contributed by atoms with Crippen molar-refractivity contribution in [1.82, 2.24) is 25.0 Å². The normalized spacial score (nSPS) is 11.6. The summed E-state index contributed by atoms with van der Waals surface area (Å²) in [5, 5.41) is 10.4. The van der Waals surface area contributed by atoms with Gasteiger partial charge in [0.25, 0.3) is 0 Å². The Labute approximate surface area is 190 Å². The first-order valence-corrected chi connectivity index (χ1v) is 9.84. The number of fused-ring (bicyclic) bond motifs is 1. The summed E-state index contributed by atoms with van der Waals surface area (Å²) < 4.78 is 1.89. The zero-order valence-corrected chi connectivity index (χ0v) is 20.2. The van der Waals surface area contributed by atoms with Gasteiger partial charge in [0.15, 0.2) is 5.96 Å². The van der Waals surface area contributed by atoms with Crippen LogP contribution in [0.5, 0.6) is 0 Å². The summed E-state index contributed by atoms with van der Waals surface area (Å²) in [5.74, 6) is 1.26. The Morgan fingerprint density at radius 1 is 1.24 bits per heavy atom. The van der Waals surface area contributed by atoms with E-state index in [0.29, 0.717) is 12.5 Å². The Balaban J connectivity index is 0.00000300. The van der Waals surface area contributed by atoms with Crippen molar-refractivity contribution in [1.29, 1.82) is 0 Å². The van der Waals surface area contributed by atoms with Crippen LogP contribution in [-0.2, 0) is 20.1 Å². The molecule has 6 nitrogen and oxygen atoms in total. The van der Waals surface area contributed by atoms with Crippen molar-refractivity contribution in [3.05, 3.63) is 59.7 Å². The van der Waals surface area contributed by atoms with Gasteiger partial charge in [0.05, 0.1) is 17.9 Å². The largest absolute Gasteiger partial charge is 0.357 e. The Morgan fingerprint density at radius 2 is 2.00 bits per heavy atom. The summed E-state index contributed by atoms with van der Waals surface area (Å²) in [6.45, 7) is 8.56. The standard InChI is InChI=1S/C22H30N6.HI/c1-6-23-22(27(4)14-18-15-28(5)26-21(18)16(2)3)25-13-20-19-10-8-7-9-17(19)11-12-24-20;/h7-12,15-16H,6,13-14H2,1-5H3,(H,23,25);1H. The molecule has 2 aromatic heterocycles. The van der Waals surface area contributed by atoms with E-state index in [1.165, 1.54) is 10.9 Å². The van der Waals surface area contributed by atoms with E-state index in [2.05, 4.69) is 66.4 Å². The van der Waals surface area contributed by atoms with E-state index in [4.69, 9.17) is 4.99 Å². The third kappa shape index (κ3) is 5.68. The van der Waals surface area contributed by atoms with Crippen LogP contribution >= 0.6 is 24.0 Å². The van der Waals surface area contributed by atoms with Gasteiger partial charge in [0.2, 0.25) is 0 Å². The van der Waals surface area contributed by atoms with Gasteiger partial charge in [-0.05, 0) is 24.3 Å². The predicted molar refractivity (Wildman–Crippen MR) is 131 cm³/mol. The molecule has 1 N–H and O–H groups in total. The molecule has 0 unspecified atom stereocenters. The molecular weight excluding hydrogens is 475 g/mol. The SMILES string of the molecule is CCNC(=NCc1nccc2ccccc12)N(C)Cc1cn(C)nc1C(C)C.I. The van der Waals surface area contributed by atoms with E-state index in [9.17, 15) is 0 Å². The third-order valence-corrected chi connectivity index (χ3v) is 4.72. The molecule has 7 heteroatoms. The lowest BCUT2D eigenvalue weighted by Crippen LogP contribution is -2.38. The number of benzene rings is 1. The molecule has 0 amide bonds. The molecule has 0 bridgehead atoms. The monoisotopic (exact) mass is 506 g/mol. The second kappa shape index (κ2) is 10.6. The van der Waals surface area contributed by atoms with Gasteiger partial charge in [-0.15, -0.1) is 24.0 Å². The molecule has 1 aromatic carbocycles. The fourth-order valence-corrected chi connectivity index (χ4v) is 3.42. The maximum atomic E-state index is 4.85. The quantitative estimate of drug-likeness (QED) is 0.308. The highest BCUT2D eigenvalue weighted by Crippen LogP contribution is 2.19. The molecule has 3 aromatic rings. The Bertz CT molecular complexity index is 958. The molecule has 3 rings (SSSR count). The molecule has 0 radical (unpaired) electrons. The summed E-state index contributed by atoms with van der Waals surface area (Å²) in [5.41, 5.74) is 3.36. The number of nitrogens with one attached hydrogen (secondary N) is 1. The van der Waals surface area contributed by atoms with Gasteiger partial charge >= 0.3 is 0 Å². The van der Waals surface area contributed by atoms with Crippen LogP contribution in [0.25, 0.3) is 10.8 Å². The number of aliphatic imine (C=N–C) groups is 1. The minimum Gasteiger partial charge on any atom is -0.357 e. The highest BCUT2D eigenvalue weighted by molar-refractivity contribution is 14.0. The van der Waals surface area contributed by atoms with Crippen LogP contribution in [0, 0.1) is 0 Å². The van der Waals surface area contributed by atoms with Gasteiger partial charge in [-0.2, -0.15) is 5.10 Å². The lowest BCUT2D eigenvalue weighted by atomic mass is 10.1. The lowest BCUT2D eigenvalue weighted by Gasteiger charge is -2.22. The number of pyridine rings is 1. The van der Waals surface area contributed by atoms with Crippen molar-refractivity contribution in [2.75, 3.05) is 13.6 Å². The summed E-state index contributed by atoms with van der Waals surface area (Å²) in [6.07, 6.45) is 3.95. The predicted octanol–water partition coefficient (Wildman–Crippen LogP) is 4.31. The number of hydrogen-bond acceptors (Lipinski definition) is 3. The first-order chi connectivity index (χ1) is 13.5. The highest BCUT2D eigenvalue weighted by atomic mass is 127. The van der Waals surface area contributed by atoms with Gasteiger partial charge in [0, 0.05) is 50.5 Å². The molecule has 0 spiro atoms. The summed E-state index contributed by atoms with van der Waals surface area (Å²) in [4.78, 5) is 11.6. The van der Waals surface area contributed by atoms with Crippen LogP contribution in [-0.4, -0.2) is 39.2 Å². The average Bonchev–Trinajstić information content (AvgIpc) is 3.05. The molecule has 0 aliphatic carbocycles.